The van der Waals surface area contributed by atoms with E-state index in [1.807, 2.05) is 18.2 Å². The average Bonchev–Trinajstić information content (AvgIpc) is 2.77. The maximum atomic E-state index is 3.22. The summed E-state index contributed by atoms with van der Waals surface area (Å²) < 4.78 is 0. The van der Waals surface area contributed by atoms with Crippen LogP contribution in [0.5, 0.6) is 0 Å². The molecule has 27 heavy (non-hydrogen) atoms. The SMILES string of the molecule is C1CNCCN1.CN(C1CCCCC1)C1CCCCC1.Cc1ccccc1. The minimum Gasteiger partial charge on any atom is -0.314 e. The first kappa shape index (κ1) is 22.4. The molecule has 0 spiro atoms. The predicted octanol–water partition coefficient (Wildman–Crippen LogP) is 4.76. The third kappa shape index (κ3) is 9.73. The molecule has 4 rings (SSSR count). The molecule has 0 radical (unpaired) electrons. The summed E-state index contributed by atoms with van der Waals surface area (Å²) in [6.07, 6.45) is 14.7. The Hall–Kier alpha value is -0.900. The van der Waals surface area contributed by atoms with Gasteiger partial charge < -0.3 is 15.5 Å². The summed E-state index contributed by atoms with van der Waals surface area (Å²) in [5, 5.41) is 6.44. The van der Waals surface area contributed by atoms with E-state index in [1.165, 1.54) is 69.8 Å². The number of nitrogens with zero attached hydrogens (tertiary/aromatic N) is 1. The lowest BCUT2D eigenvalue weighted by Crippen LogP contribution is -2.42. The maximum Gasteiger partial charge on any atom is 0.00951 e. The van der Waals surface area contributed by atoms with Crippen molar-refractivity contribution in [3.05, 3.63) is 35.9 Å². The quantitative estimate of drug-likeness (QED) is 0.783. The van der Waals surface area contributed by atoms with Gasteiger partial charge in [0.25, 0.3) is 0 Å². The second-order valence-corrected chi connectivity index (χ2v) is 8.40. The van der Waals surface area contributed by atoms with E-state index in [4.69, 9.17) is 0 Å². The van der Waals surface area contributed by atoms with Crippen LogP contribution in [0.15, 0.2) is 30.3 Å². The maximum absolute atomic E-state index is 3.22. The second kappa shape index (κ2) is 14.1. The standard InChI is InChI=1S/C13H25N.C7H8.C4H10N2/c1-14(12-8-4-2-5-9-12)13-10-6-3-7-11-13;1-7-5-3-2-4-6-7;1-2-6-4-3-5-1/h12-13H,2-11H2,1H3;2-6H,1H3;5-6H,1-4H2. The Morgan fingerprint density at radius 2 is 1.07 bits per heavy atom. The fourth-order valence-electron chi connectivity index (χ4n) is 4.41. The molecular formula is C24H43N3. The van der Waals surface area contributed by atoms with Crippen molar-refractivity contribution in [3.8, 4) is 0 Å². The van der Waals surface area contributed by atoms with Crippen LogP contribution in [0.1, 0.15) is 69.8 Å². The molecule has 154 valence electrons. The Morgan fingerprint density at radius 3 is 1.37 bits per heavy atom. The largest absolute Gasteiger partial charge is 0.314 e. The molecule has 1 aromatic rings. The normalized spacial score (nSPS) is 21.6. The Bertz CT molecular complexity index is 416. The van der Waals surface area contributed by atoms with Crippen LogP contribution in [0.4, 0.5) is 0 Å². The summed E-state index contributed by atoms with van der Waals surface area (Å²) in [4.78, 5) is 2.72. The van der Waals surface area contributed by atoms with Gasteiger partial charge in [0, 0.05) is 38.3 Å². The zero-order chi connectivity index (χ0) is 19.2. The molecule has 1 aromatic carbocycles. The third-order valence-corrected chi connectivity index (χ3v) is 6.20. The highest BCUT2D eigenvalue weighted by Crippen LogP contribution is 2.28. The summed E-state index contributed by atoms with van der Waals surface area (Å²) >= 11 is 0. The van der Waals surface area contributed by atoms with E-state index < -0.39 is 0 Å². The predicted molar refractivity (Wildman–Crippen MR) is 118 cm³/mol. The molecule has 0 amide bonds. The molecule has 1 aliphatic heterocycles. The summed E-state index contributed by atoms with van der Waals surface area (Å²) in [6.45, 7) is 6.64. The molecule has 1 saturated heterocycles. The van der Waals surface area contributed by atoms with Crippen LogP contribution in [0.25, 0.3) is 0 Å². The molecule has 3 nitrogen and oxygen atoms in total. The summed E-state index contributed by atoms with van der Waals surface area (Å²) in [6, 6.07) is 12.1. The molecular weight excluding hydrogens is 330 g/mol. The lowest BCUT2D eigenvalue weighted by atomic mass is 9.89. The van der Waals surface area contributed by atoms with E-state index in [1.54, 1.807) is 0 Å². The van der Waals surface area contributed by atoms with Gasteiger partial charge in [-0.1, -0.05) is 74.4 Å². The number of rotatable bonds is 2. The topological polar surface area (TPSA) is 27.3 Å². The number of benzene rings is 1. The van der Waals surface area contributed by atoms with Crippen LogP contribution in [0.2, 0.25) is 0 Å². The fraction of sp³-hybridized carbons (Fsp3) is 0.750. The monoisotopic (exact) mass is 373 g/mol. The van der Waals surface area contributed by atoms with Crippen LogP contribution in [-0.2, 0) is 0 Å². The van der Waals surface area contributed by atoms with Crippen LogP contribution in [-0.4, -0.2) is 50.2 Å². The van der Waals surface area contributed by atoms with Crippen molar-refractivity contribution < 1.29 is 0 Å². The van der Waals surface area contributed by atoms with Crippen molar-refractivity contribution in [2.24, 2.45) is 0 Å². The van der Waals surface area contributed by atoms with E-state index >= 15 is 0 Å². The fourth-order valence-corrected chi connectivity index (χ4v) is 4.41. The highest BCUT2D eigenvalue weighted by Gasteiger charge is 2.25. The first-order valence-electron chi connectivity index (χ1n) is 11.4. The smallest absolute Gasteiger partial charge is 0.00951 e. The number of hydrogen-bond donors (Lipinski definition) is 2. The second-order valence-electron chi connectivity index (χ2n) is 8.40. The van der Waals surface area contributed by atoms with Gasteiger partial charge in [0.2, 0.25) is 0 Å². The highest BCUT2D eigenvalue weighted by molar-refractivity contribution is 5.11. The van der Waals surface area contributed by atoms with E-state index in [-0.39, 0.29) is 0 Å². The molecule has 3 aliphatic rings. The molecule has 3 heteroatoms. The molecule has 0 bridgehead atoms. The zero-order valence-electron chi connectivity index (χ0n) is 17.9. The van der Waals surface area contributed by atoms with E-state index in [9.17, 15) is 0 Å². The summed E-state index contributed by atoms with van der Waals surface area (Å²) in [5.74, 6) is 0. The van der Waals surface area contributed by atoms with Crippen molar-refractivity contribution in [1.82, 2.24) is 15.5 Å². The van der Waals surface area contributed by atoms with Crippen LogP contribution in [0, 0.1) is 6.92 Å². The van der Waals surface area contributed by atoms with E-state index in [0.29, 0.717) is 0 Å². The van der Waals surface area contributed by atoms with E-state index in [0.717, 1.165) is 38.3 Å². The number of piperazine rings is 1. The van der Waals surface area contributed by atoms with Crippen LogP contribution in [0.3, 0.4) is 0 Å². The van der Waals surface area contributed by atoms with Crippen molar-refractivity contribution in [1.29, 1.82) is 0 Å². The number of hydrogen-bond acceptors (Lipinski definition) is 3. The lowest BCUT2D eigenvalue weighted by molar-refractivity contribution is 0.111. The van der Waals surface area contributed by atoms with Crippen molar-refractivity contribution >= 4 is 0 Å². The van der Waals surface area contributed by atoms with Gasteiger partial charge in [0.05, 0.1) is 0 Å². The van der Waals surface area contributed by atoms with Gasteiger partial charge in [-0.3, -0.25) is 0 Å². The zero-order valence-corrected chi connectivity index (χ0v) is 17.9. The molecule has 1 heterocycles. The lowest BCUT2D eigenvalue weighted by Gasteiger charge is -2.39. The van der Waals surface area contributed by atoms with Gasteiger partial charge in [-0.05, 0) is 39.7 Å². The molecule has 3 fully saturated rings. The Labute approximate surface area is 168 Å². The minimum atomic E-state index is 0.923. The van der Waals surface area contributed by atoms with Crippen molar-refractivity contribution in [2.75, 3.05) is 33.2 Å². The molecule has 0 aromatic heterocycles. The summed E-state index contributed by atoms with van der Waals surface area (Å²) in [5.41, 5.74) is 1.32. The van der Waals surface area contributed by atoms with Gasteiger partial charge >= 0.3 is 0 Å². The van der Waals surface area contributed by atoms with Crippen molar-refractivity contribution in [2.45, 2.75) is 83.2 Å². The molecule has 0 atom stereocenters. The van der Waals surface area contributed by atoms with Gasteiger partial charge in [0.15, 0.2) is 0 Å². The van der Waals surface area contributed by atoms with Gasteiger partial charge in [-0.15, -0.1) is 0 Å². The highest BCUT2D eigenvalue weighted by atomic mass is 15.2. The first-order valence-corrected chi connectivity index (χ1v) is 11.4. The summed E-state index contributed by atoms with van der Waals surface area (Å²) in [7, 11) is 2.38. The Balaban J connectivity index is 0.000000167. The Kier molecular flexibility index (Phi) is 11.7. The van der Waals surface area contributed by atoms with Gasteiger partial charge in [-0.25, -0.2) is 0 Å². The molecule has 2 saturated carbocycles. The molecule has 2 N–H and O–H groups in total. The first-order chi connectivity index (χ1) is 13.3. The molecule has 0 unspecified atom stereocenters. The van der Waals surface area contributed by atoms with E-state index in [2.05, 4.69) is 41.6 Å². The molecule has 2 aliphatic carbocycles. The van der Waals surface area contributed by atoms with Crippen molar-refractivity contribution in [3.63, 3.8) is 0 Å². The number of nitrogens with one attached hydrogen (secondary N) is 2. The van der Waals surface area contributed by atoms with Crippen LogP contribution >= 0.6 is 0 Å². The number of aryl methyl sites for hydroxylation is 1. The van der Waals surface area contributed by atoms with Gasteiger partial charge in [-0.2, -0.15) is 0 Å². The third-order valence-electron chi connectivity index (χ3n) is 6.20. The minimum absolute atomic E-state index is 0.923. The van der Waals surface area contributed by atoms with Gasteiger partial charge in [0.1, 0.15) is 0 Å². The van der Waals surface area contributed by atoms with Crippen LogP contribution < -0.4 is 10.6 Å². The Morgan fingerprint density at radius 1 is 0.667 bits per heavy atom. The average molecular weight is 374 g/mol.